The zero-order valence-corrected chi connectivity index (χ0v) is 21.0. The van der Waals surface area contributed by atoms with Crippen LogP contribution in [-0.4, -0.2) is 45.1 Å². The van der Waals surface area contributed by atoms with E-state index in [-0.39, 0.29) is 22.6 Å². The van der Waals surface area contributed by atoms with Crippen molar-refractivity contribution >= 4 is 28.8 Å². The first-order chi connectivity index (χ1) is 18.0. The van der Waals surface area contributed by atoms with Crippen molar-refractivity contribution in [2.24, 2.45) is 0 Å². The maximum absolute atomic E-state index is 13.3. The smallest absolute Gasteiger partial charge is 0.416 e. The van der Waals surface area contributed by atoms with Crippen LogP contribution in [0.3, 0.4) is 0 Å². The van der Waals surface area contributed by atoms with Gasteiger partial charge in [-0.15, -0.1) is 0 Å². The molecule has 1 amide bonds. The second-order valence-electron chi connectivity index (χ2n) is 8.77. The van der Waals surface area contributed by atoms with Crippen molar-refractivity contribution in [1.29, 1.82) is 0 Å². The zero-order valence-electron chi connectivity index (χ0n) is 21.0. The second-order valence-corrected chi connectivity index (χ2v) is 8.77. The number of amides is 1. The van der Waals surface area contributed by atoms with Crippen molar-refractivity contribution in [3.05, 3.63) is 89.0 Å². The maximum Gasteiger partial charge on any atom is 0.416 e. The molecule has 3 aromatic carbocycles. The van der Waals surface area contributed by atoms with E-state index < -0.39 is 35.2 Å². The molecule has 3 aromatic rings. The third-order valence-corrected chi connectivity index (χ3v) is 6.31. The SMILES string of the molecule is COc1ccc(/C(O)=C2/C(=O)C(=O)N(c3ccc(C(F)(F)F)cc3)C2c2ccc(N(C)C)cc2)c(OC)c1. The maximum atomic E-state index is 13.3. The Kier molecular flexibility index (Phi) is 7.08. The Bertz CT molecular complexity index is 1400. The van der Waals surface area contributed by atoms with Gasteiger partial charge in [-0.2, -0.15) is 13.2 Å². The fourth-order valence-corrected chi connectivity index (χ4v) is 4.32. The topological polar surface area (TPSA) is 79.3 Å². The third-order valence-electron chi connectivity index (χ3n) is 6.31. The first-order valence-electron chi connectivity index (χ1n) is 11.5. The molecule has 1 atom stereocenters. The molecule has 1 aliphatic rings. The first kappa shape index (κ1) is 26.6. The van der Waals surface area contributed by atoms with Crippen LogP contribution in [0.2, 0.25) is 0 Å². The number of aliphatic hydroxyl groups excluding tert-OH is 1. The van der Waals surface area contributed by atoms with Crippen LogP contribution in [0.15, 0.2) is 72.3 Å². The van der Waals surface area contributed by atoms with Gasteiger partial charge in [0.1, 0.15) is 17.3 Å². The van der Waals surface area contributed by atoms with E-state index in [4.69, 9.17) is 9.47 Å². The average Bonchev–Trinajstić information content (AvgIpc) is 3.17. The molecule has 1 N–H and O–H groups in total. The van der Waals surface area contributed by atoms with E-state index in [1.54, 1.807) is 30.3 Å². The van der Waals surface area contributed by atoms with Crippen molar-refractivity contribution in [2.45, 2.75) is 12.2 Å². The third kappa shape index (κ3) is 4.77. The molecule has 4 rings (SSSR count). The average molecular weight is 527 g/mol. The number of anilines is 2. The van der Waals surface area contributed by atoms with Crippen LogP contribution in [0.25, 0.3) is 5.76 Å². The van der Waals surface area contributed by atoms with Crippen LogP contribution >= 0.6 is 0 Å². The van der Waals surface area contributed by atoms with Crippen LogP contribution in [-0.2, 0) is 15.8 Å². The van der Waals surface area contributed by atoms with E-state index in [1.165, 1.54) is 26.4 Å². The molecule has 1 unspecified atom stereocenters. The van der Waals surface area contributed by atoms with E-state index in [2.05, 4.69) is 0 Å². The number of rotatable bonds is 6. The van der Waals surface area contributed by atoms with Crippen LogP contribution in [0.1, 0.15) is 22.7 Å². The number of hydrogen-bond donors (Lipinski definition) is 1. The molecule has 1 aliphatic heterocycles. The van der Waals surface area contributed by atoms with Crippen molar-refractivity contribution in [3.8, 4) is 11.5 Å². The number of methoxy groups -OCH3 is 2. The number of Topliss-reactive ketones (excluding diaryl/α,β-unsaturated/α-hetero) is 1. The summed E-state index contributed by atoms with van der Waals surface area (Å²) in [5, 5.41) is 11.4. The fourth-order valence-electron chi connectivity index (χ4n) is 4.32. The quantitative estimate of drug-likeness (QED) is 0.263. The van der Waals surface area contributed by atoms with Crippen LogP contribution in [0.5, 0.6) is 11.5 Å². The van der Waals surface area contributed by atoms with Gasteiger partial charge >= 0.3 is 6.18 Å². The molecule has 198 valence electrons. The van der Waals surface area contributed by atoms with Gasteiger partial charge < -0.3 is 19.5 Å². The number of ketones is 1. The first-order valence-corrected chi connectivity index (χ1v) is 11.5. The van der Waals surface area contributed by atoms with Gasteiger partial charge in [0.15, 0.2) is 0 Å². The molecule has 7 nitrogen and oxygen atoms in total. The molecule has 1 fully saturated rings. The molecule has 10 heteroatoms. The van der Waals surface area contributed by atoms with Gasteiger partial charge in [-0.3, -0.25) is 14.5 Å². The molecule has 0 aromatic heterocycles. The van der Waals surface area contributed by atoms with E-state index in [9.17, 15) is 27.9 Å². The molecule has 0 bridgehead atoms. The molecule has 0 spiro atoms. The Morgan fingerprint density at radius 3 is 2.08 bits per heavy atom. The van der Waals surface area contributed by atoms with E-state index in [0.717, 1.165) is 34.9 Å². The number of alkyl halides is 3. The van der Waals surface area contributed by atoms with E-state index in [1.807, 2.05) is 19.0 Å². The van der Waals surface area contributed by atoms with Crippen molar-refractivity contribution in [1.82, 2.24) is 0 Å². The Hall–Kier alpha value is -4.47. The summed E-state index contributed by atoms with van der Waals surface area (Å²) in [5.74, 6) is -1.81. The monoisotopic (exact) mass is 526 g/mol. The molecule has 38 heavy (non-hydrogen) atoms. The van der Waals surface area contributed by atoms with Gasteiger partial charge in [-0.1, -0.05) is 12.1 Å². The minimum atomic E-state index is -4.57. The number of hydrogen-bond acceptors (Lipinski definition) is 6. The summed E-state index contributed by atoms with van der Waals surface area (Å²) in [7, 11) is 6.53. The standard InChI is InChI=1S/C28H25F3N2O5/c1-32(2)18-9-5-16(6-10-18)24-23(25(34)21-14-13-20(37-3)15-22(21)38-4)26(35)27(36)33(24)19-11-7-17(8-12-19)28(29,30)31/h5-15,24,34H,1-4H3/b25-23-. The van der Waals surface area contributed by atoms with Crippen molar-refractivity contribution in [2.75, 3.05) is 38.1 Å². The lowest BCUT2D eigenvalue weighted by Gasteiger charge is -2.26. The van der Waals surface area contributed by atoms with Gasteiger partial charge in [0, 0.05) is 31.5 Å². The molecule has 0 radical (unpaired) electrons. The van der Waals surface area contributed by atoms with Crippen LogP contribution < -0.4 is 19.3 Å². The van der Waals surface area contributed by atoms with Crippen LogP contribution in [0.4, 0.5) is 24.5 Å². The van der Waals surface area contributed by atoms with Crippen molar-refractivity contribution in [3.63, 3.8) is 0 Å². The Morgan fingerprint density at radius 2 is 1.55 bits per heavy atom. The normalized spacial score (nSPS) is 17.0. The summed E-state index contributed by atoms with van der Waals surface area (Å²) >= 11 is 0. The van der Waals surface area contributed by atoms with Crippen molar-refractivity contribution < 1.29 is 37.3 Å². The van der Waals surface area contributed by atoms with Gasteiger partial charge in [0.05, 0.1) is 37.0 Å². The molecule has 1 heterocycles. The minimum absolute atomic E-state index is 0.0718. The molecular weight excluding hydrogens is 501 g/mol. The lowest BCUT2D eigenvalue weighted by molar-refractivity contribution is -0.137. The lowest BCUT2D eigenvalue weighted by Crippen LogP contribution is -2.29. The summed E-state index contributed by atoms with van der Waals surface area (Å²) in [6, 6.07) is 14.3. The summed E-state index contributed by atoms with van der Waals surface area (Å²) in [6.45, 7) is 0. The number of carbonyl (C=O) groups excluding carboxylic acids is 2. The number of nitrogens with zero attached hydrogens (tertiary/aromatic N) is 2. The van der Waals surface area contributed by atoms with Crippen LogP contribution in [0, 0.1) is 0 Å². The summed E-state index contributed by atoms with van der Waals surface area (Å²) in [6.07, 6.45) is -4.57. The Balaban J connectivity index is 1.93. The summed E-state index contributed by atoms with van der Waals surface area (Å²) in [5.41, 5.74) is 0.417. The van der Waals surface area contributed by atoms with E-state index >= 15 is 0 Å². The highest BCUT2D eigenvalue weighted by Gasteiger charge is 2.47. The highest BCUT2D eigenvalue weighted by molar-refractivity contribution is 6.51. The van der Waals surface area contributed by atoms with Gasteiger partial charge in [-0.25, -0.2) is 0 Å². The Labute approximate surface area is 217 Å². The molecular formula is C28H25F3N2O5. The largest absolute Gasteiger partial charge is 0.507 e. The number of carbonyl (C=O) groups is 2. The fraction of sp³-hybridized carbons (Fsp3) is 0.214. The molecule has 0 saturated carbocycles. The number of ether oxygens (including phenoxy) is 2. The van der Waals surface area contributed by atoms with Gasteiger partial charge in [0.25, 0.3) is 11.7 Å². The lowest BCUT2D eigenvalue weighted by atomic mass is 9.94. The summed E-state index contributed by atoms with van der Waals surface area (Å²) in [4.78, 5) is 29.6. The Morgan fingerprint density at radius 1 is 0.921 bits per heavy atom. The number of aliphatic hydroxyl groups is 1. The molecule has 1 saturated heterocycles. The minimum Gasteiger partial charge on any atom is -0.507 e. The van der Waals surface area contributed by atoms with E-state index in [0.29, 0.717) is 11.3 Å². The number of halogens is 3. The summed E-state index contributed by atoms with van der Waals surface area (Å²) < 4.78 is 50.1. The van der Waals surface area contributed by atoms with Gasteiger partial charge in [-0.05, 0) is 54.1 Å². The van der Waals surface area contributed by atoms with Gasteiger partial charge in [0.2, 0.25) is 0 Å². The zero-order chi connectivity index (χ0) is 27.8. The predicted octanol–water partition coefficient (Wildman–Crippen LogP) is 5.41. The number of benzene rings is 3. The predicted molar refractivity (Wildman–Crippen MR) is 137 cm³/mol. The highest BCUT2D eigenvalue weighted by atomic mass is 19.4. The second kappa shape index (κ2) is 10.1. The highest BCUT2D eigenvalue weighted by Crippen LogP contribution is 2.44. The molecule has 0 aliphatic carbocycles.